The fraction of sp³-hybridized carbons (Fsp3) is 0.0500. The van der Waals surface area contributed by atoms with Crippen LogP contribution in [0.3, 0.4) is 0 Å². The molecule has 0 bridgehead atoms. The van der Waals surface area contributed by atoms with Gasteiger partial charge in [0, 0.05) is 16.9 Å². The Hall–Kier alpha value is -3.47. The van der Waals surface area contributed by atoms with Crippen LogP contribution in [0.1, 0.15) is 5.56 Å². The van der Waals surface area contributed by atoms with Crippen LogP contribution in [0.25, 0.3) is 11.1 Å². The summed E-state index contributed by atoms with van der Waals surface area (Å²) in [5, 5.41) is 2.76. The molecule has 5 nitrogen and oxygen atoms in total. The Morgan fingerprint density at radius 2 is 1.64 bits per heavy atom. The van der Waals surface area contributed by atoms with Gasteiger partial charge in [0.2, 0.25) is 0 Å². The molecule has 0 aliphatic rings. The first kappa shape index (κ1) is 16.4. The molecule has 0 aliphatic carbocycles. The van der Waals surface area contributed by atoms with Gasteiger partial charge in [0.05, 0.1) is 5.69 Å². The van der Waals surface area contributed by atoms with Crippen molar-refractivity contribution in [1.82, 2.24) is 0 Å². The summed E-state index contributed by atoms with van der Waals surface area (Å²) >= 11 is 0. The van der Waals surface area contributed by atoms with E-state index in [1.54, 1.807) is 12.1 Å². The van der Waals surface area contributed by atoms with Crippen molar-refractivity contribution in [3.63, 3.8) is 0 Å². The third-order valence-corrected chi connectivity index (χ3v) is 3.69. The molecule has 0 spiro atoms. The molecule has 0 fully saturated rings. The summed E-state index contributed by atoms with van der Waals surface area (Å²) in [7, 11) is 0. The first-order valence-corrected chi connectivity index (χ1v) is 7.85. The van der Waals surface area contributed by atoms with Crippen molar-refractivity contribution in [1.29, 1.82) is 0 Å². The third kappa shape index (κ3) is 4.29. The van der Waals surface area contributed by atoms with Gasteiger partial charge in [0.15, 0.2) is 0 Å². The van der Waals surface area contributed by atoms with Crippen molar-refractivity contribution < 1.29 is 9.53 Å². The standard InChI is InChI=1S/C20H19N3O2/c21-16-8-4-7-15(11-16)18-10-9-17(22)12-19(18)23-20(24)25-13-14-5-2-1-3-6-14/h1-12H,13,21-22H2,(H,23,24). The molecule has 5 N–H and O–H groups in total. The van der Waals surface area contributed by atoms with Gasteiger partial charge in [-0.15, -0.1) is 0 Å². The number of rotatable bonds is 4. The second kappa shape index (κ2) is 7.40. The van der Waals surface area contributed by atoms with E-state index in [1.165, 1.54) is 0 Å². The Kier molecular flexibility index (Phi) is 4.85. The van der Waals surface area contributed by atoms with Crippen LogP contribution < -0.4 is 16.8 Å². The van der Waals surface area contributed by atoms with Gasteiger partial charge in [0.25, 0.3) is 0 Å². The Morgan fingerprint density at radius 1 is 0.880 bits per heavy atom. The molecule has 1 amide bonds. The van der Waals surface area contributed by atoms with Crippen molar-refractivity contribution >= 4 is 23.2 Å². The molecule has 0 aliphatic heterocycles. The van der Waals surface area contributed by atoms with Gasteiger partial charge in [-0.25, -0.2) is 4.79 Å². The van der Waals surface area contributed by atoms with Crippen LogP contribution in [0.4, 0.5) is 21.9 Å². The normalized spacial score (nSPS) is 10.2. The van der Waals surface area contributed by atoms with Gasteiger partial charge in [0.1, 0.15) is 6.61 Å². The molecule has 0 atom stereocenters. The minimum Gasteiger partial charge on any atom is -0.444 e. The zero-order valence-electron chi connectivity index (χ0n) is 13.6. The molecule has 3 aromatic rings. The van der Waals surface area contributed by atoms with Crippen LogP contribution in [0.2, 0.25) is 0 Å². The van der Waals surface area contributed by atoms with Crippen LogP contribution in [0, 0.1) is 0 Å². The van der Waals surface area contributed by atoms with Gasteiger partial charge in [-0.2, -0.15) is 0 Å². The van der Waals surface area contributed by atoms with Gasteiger partial charge in [-0.1, -0.05) is 48.5 Å². The van der Waals surface area contributed by atoms with E-state index >= 15 is 0 Å². The van der Waals surface area contributed by atoms with E-state index in [9.17, 15) is 4.79 Å². The predicted molar refractivity (Wildman–Crippen MR) is 101 cm³/mol. The molecule has 0 unspecified atom stereocenters. The lowest BCUT2D eigenvalue weighted by atomic mass is 10.0. The number of ether oxygens (including phenoxy) is 1. The number of amides is 1. The highest BCUT2D eigenvalue weighted by molar-refractivity contribution is 5.93. The van der Waals surface area contributed by atoms with Crippen molar-refractivity contribution in [2.45, 2.75) is 6.61 Å². The number of hydrogen-bond acceptors (Lipinski definition) is 4. The molecular formula is C20H19N3O2. The van der Waals surface area contributed by atoms with E-state index in [0.717, 1.165) is 16.7 Å². The van der Waals surface area contributed by atoms with Crippen LogP contribution >= 0.6 is 0 Å². The molecule has 0 saturated heterocycles. The lowest BCUT2D eigenvalue weighted by Crippen LogP contribution is -2.14. The Bertz CT molecular complexity index is 879. The van der Waals surface area contributed by atoms with Gasteiger partial charge < -0.3 is 16.2 Å². The quantitative estimate of drug-likeness (QED) is 0.622. The highest BCUT2D eigenvalue weighted by Gasteiger charge is 2.10. The largest absolute Gasteiger partial charge is 0.444 e. The molecule has 126 valence electrons. The maximum Gasteiger partial charge on any atom is 0.411 e. The van der Waals surface area contributed by atoms with Gasteiger partial charge >= 0.3 is 6.09 Å². The number of hydrogen-bond donors (Lipinski definition) is 3. The Labute approximate surface area is 146 Å². The smallest absolute Gasteiger partial charge is 0.411 e. The average Bonchev–Trinajstić information content (AvgIpc) is 2.61. The summed E-state index contributed by atoms with van der Waals surface area (Å²) in [4.78, 5) is 12.1. The Balaban J connectivity index is 1.77. The summed E-state index contributed by atoms with van der Waals surface area (Å²) in [6, 6.07) is 22.2. The van der Waals surface area contributed by atoms with Crippen LogP contribution in [-0.2, 0) is 11.3 Å². The molecule has 0 saturated carbocycles. The zero-order valence-corrected chi connectivity index (χ0v) is 13.6. The van der Waals surface area contributed by atoms with Crippen molar-refractivity contribution in [3.05, 3.63) is 78.4 Å². The number of benzene rings is 3. The first-order chi connectivity index (χ1) is 12.1. The second-order valence-corrected chi connectivity index (χ2v) is 5.62. The van der Waals surface area contributed by atoms with Crippen molar-refractivity contribution in [2.75, 3.05) is 16.8 Å². The first-order valence-electron chi connectivity index (χ1n) is 7.85. The Morgan fingerprint density at radius 3 is 2.40 bits per heavy atom. The minimum absolute atomic E-state index is 0.197. The van der Waals surface area contributed by atoms with E-state index < -0.39 is 6.09 Å². The minimum atomic E-state index is -0.542. The lowest BCUT2D eigenvalue weighted by molar-refractivity contribution is 0.155. The summed E-state index contributed by atoms with van der Waals surface area (Å²) < 4.78 is 5.27. The topological polar surface area (TPSA) is 90.4 Å². The van der Waals surface area contributed by atoms with Gasteiger partial charge in [-0.05, 0) is 35.4 Å². The third-order valence-electron chi connectivity index (χ3n) is 3.69. The average molecular weight is 333 g/mol. The van der Waals surface area contributed by atoms with Crippen LogP contribution in [-0.4, -0.2) is 6.09 Å². The molecule has 3 rings (SSSR count). The molecule has 0 radical (unpaired) electrons. The van der Waals surface area contributed by atoms with E-state index in [2.05, 4.69) is 5.32 Å². The summed E-state index contributed by atoms with van der Waals surface area (Å²) in [6.07, 6.45) is -0.542. The summed E-state index contributed by atoms with van der Waals surface area (Å²) in [5.41, 5.74) is 16.1. The number of carbonyl (C=O) groups is 1. The fourth-order valence-electron chi connectivity index (χ4n) is 2.49. The number of nitrogens with two attached hydrogens (primary N) is 2. The number of nitrogen functional groups attached to an aromatic ring is 2. The van der Waals surface area contributed by atoms with E-state index in [-0.39, 0.29) is 6.61 Å². The van der Waals surface area contributed by atoms with E-state index in [1.807, 2.05) is 60.7 Å². The molecule has 5 heteroatoms. The highest BCUT2D eigenvalue weighted by atomic mass is 16.5. The SMILES string of the molecule is Nc1cccc(-c2ccc(N)cc2NC(=O)OCc2ccccc2)c1. The van der Waals surface area contributed by atoms with Gasteiger partial charge in [-0.3, -0.25) is 5.32 Å². The molecule has 25 heavy (non-hydrogen) atoms. The number of anilines is 3. The van der Waals surface area contributed by atoms with Crippen molar-refractivity contribution in [2.24, 2.45) is 0 Å². The monoisotopic (exact) mass is 333 g/mol. The summed E-state index contributed by atoms with van der Waals surface area (Å²) in [6.45, 7) is 0.197. The maximum absolute atomic E-state index is 12.1. The maximum atomic E-state index is 12.1. The highest BCUT2D eigenvalue weighted by Crippen LogP contribution is 2.31. The second-order valence-electron chi connectivity index (χ2n) is 5.62. The molecule has 3 aromatic carbocycles. The number of nitrogens with one attached hydrogen (secondary N) is 1. The zero-order chi connectivity index (χ0) is 17.6. The summed E-state index contributed by atoms with van der Waals surface area (Å²) in [5.74, 6) is 0. The van der Waals surface area contributed by atoms with E-state index in [0.29, 0.717) is 17.1 Å². The molecular weight excluding hydrogens is 314 g/mol. The van der Waals surface area contributed by atoms with E-state index in [4.69, 9.17) is 16.2 Å². The predicted octanol–water partition coefficient (Wildman–Crippen LogP) is 4.27. The van der Waals surface area contributed by atoms with Crippen LogP contribution in [0.5, 0.6) is 0 Å². The molecule has 0 aromatic heterocycles. The van der Waals surface area contributed by atoms with Crippen molar-refractivity contribution in [3.8, 4) is 11.1 Å². The number of carbonyl (C=O) groups excluding carboxylic acids is 1. The lowest BCUT2D eigenvalue weighted by Gasteiger charge is -2.13. The molecule has 0 heterocycles. The fourth-order valence-corrected chi connectivity index (χ4v) is 2.49. The van der Waals surface area contributed by atoms with Crippen LogP contribution in [0.15, 0.2) is 72.8 Å².